The first-order valence-electron chi connectivity index (χ1n) is 9.42. The number of piperidine rings is 1. The van der Waals surface area contributed by atoms with Crippen molar-refractivity contribution in [2.45, 2.75) is 44.0 Å². The molecule has 1 fully saturated rings. The predicted molar refractivity (Wildman–Crippen MR) is 102 cm³/mol. The molecular weight excluding hydrogens is 383 g/mol. The third kappa shape index (κ3) is 5.20. The number of hydrogen-bond acceptors (Lipinski definition) is 4. The van der Waals surface area contributed by atoms with Gasteiger partial charge in [0, 0.05) is 19.5 Å². The smallest absolute Gasteiger partial charge is 0.243 e. The van der Waals surface area contributed by atoms with E-state index < -0.39 is 15.8 Å². The average Bonchev–Trinajstić information content (AvgIpc) is 3.10. The summed E-state index contributed by atoms with van der Waals surface area (Å²) >= 11 is 0. The van der Waals surface area contributed by atoms with Gasteiger partial charge in [-0.1, -0.05) is 6.07 Å². The molecule has 1 N–H and O–H groups in total. The summed E-state index contributed by atoms with van der Waals surface area (Å²) in [5.41, 5.74) is 0. The second-order valence-corrected chi connectivity index (χ2v) is 9.07. The first kappa shape index (κ1) is 20.5. The second-order valence-electron chi connectivity index (χ2n) is 7.13. The van der Waals surface area contributed by atoms with Crippen molar-refractivity contribution in [1.29, 1.82) is 0 Å². The number of nitrogens with one attached hydrogen (secondary N) is 1. The summed E-state index contributed by atoms with van der Waals surface area (Å²) in [6, 6.07) is 8.78. The Balaban J connectivity index is 1.43. The molecule has 8 heteroatoms. The van der Waals surface area contributed by atoms with Crippen LogP contribution in [0.1, 0.15) is 37.2 Å². The average molecular weight is 408 g/mol. The molecule has 0 unspecified atom stereocenters. The van der Waals surface area contributed by atoms with Gasteiger partial charge >= 0.3 is 0 Å². The molecule has 2 aromatic rings. The number of halogens is 1. The van der Waals surface area contributed by atoms with Gasteiger partial charge in [-0.05, 0) is 62.4 Å². The second kappa shape index (κ2) is 8.87. The predicted octanol–water partition coefficient (Wildman–Crippen LogP) is 3.22. The van der Waals surface area contributed by atoms with Crippen LogP contribution in [-0.4, -0.2) is 31.7 Å². The van der Waals surface area contributed by atoms with Crippen molar-refractivity contribution in [3.05, 3.63) is 53.7 Å². The Kier molecular flexibility index (Phi) is 6.51. The Morgan fingerprint density at radius 1 is 1.25 bits per heavy atom. The minimum Gasteiger partial charge on any atom is -0.465 e. The van der Waals surface area contributed by atoms with Crippen molar-refractivity contribution >= 4 is 15.9 Å². The lowest BCUT2D eigenvalue weighted by Crippen LogP contribution is -2.38. The first-order chi connectivity index (χ1) is 13.3. The number of furan rings is 1. The van der Waals surface area contributed by atoms with Crippen LogP contribution in [0.5, 0.6) is 0 Å². The quantitative estimate of drug-likeness (QED) is 0.763. The summed E-state index contributed by atoms with van der Waals surface area (Å²) < 4.78 is 45.4. The molecule has 3 rings (SSSR count). The van der Waals surface area contributed by atoms with E-state index in [9.17, 15) is 17.6 Å². The third-order valence-corrected chi connectivity index (χ3v) is 6.94. The van der Waals surface area contributed by atoms with Crippen LogP contribution in [0.3, 0.4) is 0 Å². The highest BCUT2D eigenvalue weighted by atomic mass is 32.2. The maximum Gasteiger partial charge on any atom is 0.243 e. The van der Waals surface area contributed by atoms with Crippen LogP contribution < -0.4 is 5.32 Å². The Morgan fingerprint density at radius 2 is 2.00 bits per heavy atom. The van der Waals surface area contributed by atoms with E-state index in [4.69, 9.17) is 4.42 Å². The summed E-state index contributed by atoms with van der Waals surface area (Å²) in [6.07, 6.45) is 2.51. The summed E-state index contributed by atoms with van der Waals surface area (Å²) in [5, 5.41) is 2.84. The molecule has 2 heterocycles. The fourth-order valence-corrected chi connectivity index (χ4v) is 4.91. The molecule has 0 aliphatic carbocycles. The fourth-order valence-electron chi connectivity index (χ4n) is 3.40. The molecule has 1 aromatic carbocycles. The van der Waals surface area contributed by atoms with Crippen LogP contribution >= 0.6 is 0 Å². The number of benzene rings is 1. The van der Waals surface area contributed by atoms with Gasteiger partial charge in [-0.25, -0.2) is 12.8 Å². The number of rotatable bonds is 7. The summed E-state index contributed by atoms with van der Waals surface area (Å²) in [7, 11) is -3.67. The van der Waals surface area contributed by atoms with Crippen molar-refractivity contribution in [2.75, 3.05) is 13.1 Å². The van der Waals surface area contributed by atoms with Gasteiger partial charge in [-0.3, -0.25) is 4.79 Å². The topological polar surface area (TPSA) is 79.6 Å². The van der Waals surface area contributed by atoms with Gasteiger partial charge in [-0.2, -0.15) is 4.31 Å². The van der Waals surface area contributed by atoms with E-state index in [0.717, 1.165) is 24.0 Å². The fraction of sp³-hybridized carbons (Fsp3) is 0.450. The van der Waals surface area contributed by atoms with Gasteiger partial charge in [0.15, 0.2) is 0 Å². The summed E-state index contributed by atoms with van der Waals surface area (Å²) in [5.74, 6) is 1.23. The van der Waals surface area contributed by atoms with Crippen LogP contribution in [-0.2, 0) is 21.4 Å². The number of hydrogen-bond donors (Lipinski definition) is 1. The Hall–Kier alpha value is -2.19. The lowest BCUT2D eigenvalue weighted by Gasteiger charge is -2.31. The molecule has 0 spiro atoms. The molecule has 0 atom stereocenters. The van der Waals surface area contributed by atoms with Gasteiger partial charge in [0.05, 0.1) is 11.4 Å². The highest BCUT2D eigenvalue weighted by Gasteiger charge is 2.29. The van der Waals surface area contributed by atoms with E-state index in [0.29, 0.717) is 44.8 Å². The largest absolute Gasteiger partial charge is 0.465 e. The van der Waals surface area contributed by atoms with Crippen molar-refractivity contribution in [3.63, 3.8) is 0 Å². The molecule has 1 saturated heterocycles. The maximum atomic E-state index is 13.3. The van der Waals surface area contributed by atoms with Crippen molar-refractivity contribution in [2.24, 2.45) is 5.92 Å². The van der Waals surface area contributed by atoms with Crippen LogP contribution in [0.25, 0.3) is 0 Å². The van der Waals surface area contributed by atoms with Crippen molar-refractivity contribution in [3.8, 4) is 0 Å². The molecule has 1 aliphatic heterocycles. The molecule has 6 nitrogen and oxygen atoms in total. The molecule has 1 aromatic heterocycles. The lowest BCUT2D eigenvalue weighted by molar-refractivity contribution is -0.121. The molecule has 0 bridgehead atoms. The number of carbonyl (C=O) groups excluding carboxylic acids is 1. The Labute approximate surface area is 164 Å². The molecular formula is C20H25FN2O4S. The SMILES string of the molecule is Cc1ccc(CNC(=O)CCC2CCN(S(=O)(=O)c3cccc(F)c3)CC2)o1. The maximum absolute atomic E-state index is 13.3. The number of amides is 1. The third-order valence-electron chi connectivity index (χ3n) is 5.04. The zero-order valence-electron chi connectivity index (χ0n) is 15.9. The van der Waals surface area contributed by atoms with E-state index in [1.165, 1.54) is 22.5 Å². The molecule has 0 saturated carbocycles. The van der Waals surface area contributed by atoms with Crippen LogP contribution in [0.15, 0.2) is 45.7 Å². The lowest BCUT2D eigenvalue weighted by atomic mass is 9.93. The molecule has 1 amide bonds. The van der Waals surface area contributed by atoms with Crippen molar-refractivity contribution in [1.82, 2.24) is 9.62 Å². The van der Waals surface area contributed by atoms with E-state index in [1.54, 1.807) is 0 Å². The van der Waals surface area contributed by atoms with E-state index in [1.807, 2.05) is 19.1 Å². The highest BCUT2D eigenvalue weighted by molar-refractivity contribution is 7.89. The molecule has 28 heavy (non-hydrogen) atoms. The van der Waals surface area contributed by atoms with E-state index >= 15 is 0 Å². The van der Waals surface area contributed by atoms with Gasteiger partial charge in [0.25, 0.3) is 0 Å². The van der Waals surface area contributed by atoms with Crippen molar-refractivity contribution < 1.29 is 22.0 Å². The van der Waals surface area contributed by atoms with E-state index in [-0.39, 0.29) is 10.8 Å². The minimum atomic E-state index is -3.67. The number of aryl methyl sites for hydroxylation is 1. The van der Waals surface area contributed by atoms with Gasteiger partial charge in [-0.15, -0.1) is 0 Å². The number of nitrogens with zero attached hydrogens (tertiary/aromatic N) is 1. The zero-order valence-corrected chi connectivity index (χ0v) is 16.7. The van der Waals surface area contributed by atoms with Crippen LogP contribution in [0.2, 0.25) is 0 Å². The summed E-state index contributed by atoms with van der Waals surface area (Å²) in [6.45, 7) is 3.00. The zero-order chi connectivity index (χ0) is 20.1. The van der Waals surface area contributed by atoms with Crippen LogP contribution in [0, 0.1) is 18.7 Å². The molecule has 1 aliphatic rings. The number of sulfonamides is 1. The standard InChI is InChI=1S/C20H25FN2O4S/c1-15-5-7-18(27-15)14-22-20(24)8-6-16-9-11-23(12-10-16)28(25,26)19-4-2-3-17(21)13-19/h2-5,7,13,16H,6,8-12,14H2,1H3,(H,22,24). The van der Waals surface area contributed by atoms with Gasteiger partial charge in [0.2, 0.25) is 15.9 Å². The Bertz CT molecular complexity index is 918. The van der Waals surface area contributed by atoms with Gasteiger partial charge < -0.3 is 9.73 Å². The number of carbonyl (C=O) groups is 1. The van der Waals surface area contributed by atoms with Gasteiger partial charge in [0.1, 0.15) is 17.3 Å². The molecule has 0 radical (unpaired) electrons. The highest BCUT2D eigenvalue weighted by Crippen LogP contribution is 2.26. The minimum absolute atomic E-state index is 0.0153. The summed E-state index contributed by atoms with van der Waals surface area (Å²) in [4.78, 5) is 12.0. The van der Waals surface area contributed by atoms with E-state index in [2.05, 4.69) is 5.32 Å². The normalized spacial score (nSPS) is 16.2. The monoisotopic (exact) mass is 408 g/mol. The first-order valence-corrected chi connectivity index (χ1v) is 10.9. The molecule has 152 valence electrons. The Morgan fingerprint density at radius 3 is 2.64 bits per heavy atom. The van der Waals surface area contributed by atoms with Crippen LogP contribution in [0.4, 0.5) is 4.39 Å².